The van der Waals surface area contributed by atoms with E-state index in [2.05, 4.69) is 37.5 Å². The van der Waals surface area contributed by atoms with Gasteiger partial charge in [0.2, 0.25) is 5.91 Å². The molecule has 2 heterocycles. The minimum atomic E-state index is -0.921. The lowest BCUT2D eigenvalue weighted by molar-refractivity contribution is -0.137. The minimum absolute atomic E-state index is 0.0380. The first-order chi connectivity index (χ1) is 18.6. The van der Waals surface area contributed by atoms with E-state index in [1.54, 1.807) is 31.4 Å². The third-order valence-electron chi connectivity index (χ3n) is 7.96. The summed E-state index contributed by atoms with van der Waals surface area (Å²) in [6.45, 7) is 7.20. The van der Waals surface area contributed by atoms with Gasteiger partial charge in [-0.05, 0) is 64.2 Å². The fraction of sp³-hybridized carbons (Fsp3) is 0.621. The second kappa shape index (κ2) is 12.1. The molecule has 10 heteroatoms. The number of aliphatic carboxylic acids is 1. The van der Waals surface area contributed by atoms with Crippen LogP contribution in [0.25, 0.3) is 0 Å². The van der Waals surface area contributed by atoms with Crippen LogP contribution in [0.3, 0.4) is 0 Å². The number of methoxy groups -OCH3 is 1. The number of epoxide rings is 2. The van der Waals surface area contributed by atoms with Gasteiger partial charge < -0.3 is 34.7 Å². The summed E-state index contributed by atoms with van der Waals surface area (Å²) >= 11 is 0. The topological polar surface area (TPSA) is 139 Å². The van der Waals surface area contributed by atoms with Crippen molar-refractivity contribution >= 4 is 23.7 Å². The van der Waals surface area contributed by atoms with E-state index in [-0.39, 0.29) is 55.4 Å². The number of ether oxygens (including phenoxy) is 4. The number of carboxylic acids is 1. The third-order valence-corrected chi connectivity index (χ3v) is 7.96. The van der Waals surface area contributed by atoms with Crippen LogP contribution in [0.5, 0.6) is 0 Å². The van der Waals surface area contributed by atoms with Crippen molar-refractivity contribution in [2.45, 2.75) is 95.4 Å². The van der Waals surface area contributed by atoms with Crippen LogP contribution >= 0.6 is 0 Å². The lowest BCUT2D eigenvalue weighted by Crippen LogP contribution is -2.56. The number of anilines is 1. The molecule has 6 atom stereocenters. The van der Waals surface area contributed by atoms with Gasteiger partial charge in [-0.2, -0.15) is 0 Å². The molecule has 0 aromatic heterocycles. The van der Waals surface area contributed by atoms with Crippen LogP contribution in [0.4, 0.5) is 10.5 Å². The first-order valence-corrected chi connectivity index (χ1v) is 13.6. The van der Waals surface area contributed by atoms with E-state index in [0.717, 1.165) is 18.4 Å². The zero-order valence-corrected chi connectivity index (χ0v) is 23.2. The molecule has 0 radical (unpaired) electrons. The zero-order chi connectivity index (χ0) is 28.2. The van der Waals surface area contributed by atoms with E-state index >= 15 is 0 Å². The van der Waals surface area contributed by atoms with Crippen LogP contribution in [-0.4, -0.2) is 66.3 Å². The molecule has 1 saturated carbocycles. The highest BCUT2D eigenvalue weighted by molar-refractivity contribution is 5.90. The molecule has 10 nitrogen and oxygen atoms in total. The fourth-order valence-corrected chi connectivity index (χ4v) is 5.75. The Labute approximate surface area is 229 Å². The van der Waals surface area contributed by atoms with Gasteiger partial charge in [-0.15, -0.1) is 0 Å². The predicted molar refractivity (Wildman–Crippen MR) is 143 cm³/mol. The van der Waals surface area contributed by atoms with E-state index in [0.29, 0.717) is 18.7 Å². The Morgan fingerprint density at radius 1 is 1.18 bits per heavy atom. The van der Waals surface area contributed by atoms with Crippen molar-refractivity contribution in [1.82, 2.24) is 5.32 Å². The number of carboxylic acid groups (broad SMARTS) is 1. The average Bonchev–Trinajstić information content (AvgIpc) is 3.80. The molecule has 3 fully saturated rings. The average molecular weight is 545 g/mol. The smallest absolute Gasteiger partial charge is 0.407 e. The van der Waals surface area contributed by atoms with Gasteiger partial charge in [-0.1, -0.05) is 23.8 Å². The second-order valence-corrected chi connectivity index (χ2v) is 11.2. The van der Waals surface area contributed by atoms with E-state index in [1.807, 2.05) is 0 Å². The van der Waals surface area contributed by atoms with Crippen LogP contribution in [0.2, 0.25) is 0 Å². The Balaban J connectivity index is 1.28. The standard InChI is InChI=1S/C29H40N2O8/c1-18(2)8-13-22-28(3,39-22)26-25(36-4)21(14-15-29(26)17-37-29)38-27(35)30-16-19-9-11-20(12-10-19)31-23(32)6-5-7-24(33)34/h8-12,21-22,25-26H,5-7,13-17H2,1-4H3,(H,30,35)(H,31,32)(H,33,34)/t21-,22?,25-,26-,28?,29+/m1/s1. The summed E-state index contributed by atoms with van der Waals surface area (Å²) in [6.07, 6.45) is 3.64. The van der Waals surface area contributed by atoms with Crippen molar-refractivity contribution in [3.8, 4) is 0 Å². The molecule has 39 heavy (non-hydrogen) atoms. The van der Waals surface area contributed by atoms with Gasteiger partial charge >= 0.3 is 12.1 Å². The zero-order valence-electron chi connectivity index (χ0n) is 23.2. The van der Waals surface area contributed by atoms with Crippen LogP contribution in [0, 0.1) is 5.92 Å². The molecule has 2 aliphatic heterocycles. The van der Waals surface area contributed by atoms with E-state index in [1.165, 1.54) is 5.57 Å². The maximum absolute atomic E-state index is 12.7. The van der Waals surface area contributed by atoms with Crippen molar-refractivity contribution in [2.75, 3.05) is 19.0 Å². The Morgan fingerprint density at radius 3 is 2.51 bits per heavy atom. The number of carbonyl (C=O) groups excluding carboxylic acids is 2. The number of allylic oxidation sites excluding steroid dienone is 1. The van der Waals surface area contributed by atoms with Gasteiger partial charge in [0, 0.05) is 32.2 Å². The fourth-order valence-electron chi connectivity index (χ4n) is 5.75. The molecule has 2 amide bonds. The summed E-state index contributed by atoms with van der Waals surface area (Å²) in [4.78, 5) is 35.3. The van der Waals surface area contributed by atoms with Gasteiger partial charge in [0.05, 0.1) is 18.6 Å². The van der Waals surface area contributed by atoms with Crippen molar-refractivity contribution in [1.29, 1.82) is 0 Å². The summed E-state index contributed by atoms with van der Waals surface area (Å²) in [5.41, 5.74) is 2.02. The van der Waals surface area contributed by atoms with E-state index < -0.39 is 23.8 Å². The number of benzene rings is 1. The normalized spacial score (nSPS) is 30.8. The summed E-state index contributed by atoms with van der Waals surface area (Å²) < 4.78 is 24.0. The minimum Gasteiger partial charge on any atom is -0.481 e. The number of rotatable bonds is 12. The number of carbonyl (C=O) groups is 3. The number of amides is 2. The number of nitrogens with one attached hydrogen (secondary N) is 2. The van der Waals surface area contributed by atoms with Crippen molar-refractivity contribution in [3.63, 3.8) is 0 Å². The molecular weight excluding hydrogens is 504 g/mol. The summed E-state index contributed by atoms with van der Waals surface area (Å²) in [5, 5.41) is 14.2. The number of hydrogen-bond acceptors (Lipinski definition) is 7. The Morgan fingerprint density at radius 2 is 1.90 bits per heavy atom. The molecule has 2 unspecified atom stereocenters. The monoisotopic (exact) mass is 544 g/mol. The van der Waals surface area contributed by atoms with Gasteiger partial charge in [-0.25, -0.2) is 4.79 Å². The van der Waals surface area contributed by atoms with Crippen LogP contribution in [-0.2, 0) is 35.1 Å². The second-order valence-electron chi connectivity index (χ2n) is 11.2. The molecule has 214 valence electrons. The van der Waals surface area contributed by atoms with Crippen LogP contribution in [0.1, 0.15) is 64.9 Å². The largest absolute Gasteiger partial charge is 0.481 e. The summed E-state index contributed by atoms with van der Waals surface area (Å²) in [7, 11) is 1.65. The van der Waals surface area contributed by atoms with Gasteiger partial charge in [0.25, 0.3) is 0 Å². The molecule has 1 aromatic rings. The summed E-state index contributed by atoms with van der Waals surface area (Å²) in [5.74, 6) is -1.20. The van der Waals surface area contributed by atoms with Gasteiger partial charge in [0.1, 0.15) is 23.4 Å². The molecule has 1 aromatic carbocycles. The molecule has 3 N–H and O–H groups in total. The van der Waals surface area contributed by atoms with E-state index in [4.69, 9.17) is 24.1 Å². The van der Waals surface area contributed by atoms with Crippen LogP contribution < -0.4 is 10.6 Å². The van der Waals surface area contributed by atoms with Gasteiger partial charge in [0.15, 0.2) is 0 Å². The lowest BCUT2D eigenvalue weighted by atomic mass is 9.68. The maximum Gasteiger partial charge on any atom is 0.407 e. The van der Waals surface area contributed by atoms with Crippen molar-refractivity contribution < 1.29 is 38.4 Å². The van der Waals surface area contributed by atoms with Gasteiger partial charge in [-0.3, -0.25) is 9.59 Å². The van der Waals surface area contributed by atoms with Crippen molar-refractivity contribution in [3.05, 3.63) is 41.5 Å². The molecule has 1 aliphatic carbocycles. The first-order valence-electron chi connectivity index (χ1n) is 13.6. The highest BCUT2D eigenvalue weighted by Gasteiger charge is 2.72. The first kappa shape index (κ1) is 29.0. The molecule has 4 rings (SSSR count). The Hall–Kier alpha value is -2.95. The molecule has 0 bridgehead atoms. The SMILES string of the molecule is CO[C@H]1[C@H](C2(C)OC2CC=C(C)C)[C@]2(CC[C@H]1OC(=O)NCc1ccc(NC(=O)CCCC(=O)O)cc1)CO2. The predicted octanol–water partition coefficient (Wildman–Crippen LogP) is 4.18. The van der Waals surface area contributed by atoms with Crippen LogP contribution in [0.15, 0.2) is 35.9 Å². The Bertz CT molecular complexity index is 1080. The maximum atomic E-state index is 12.7. The Kier molecular flexibility index (Phi) is 8.98. The number of hydrogen-bond donors (Lipinski definition) is 3. The molecule has 1 spiro atoms. The lowest BCUT2D eigenvalue weighted by Gasteiger charge is -2.42. The summed E-state index contributed by atoms with van der Waals surface area (Å²) in [6, 6.07) is 7.07. The van der Waals surface area contributed by atoms with Crippen molar-refractivity contribution in [2.24, 2.45) is 5.92 Å². The van der Waals surface area contributed by atoms with E-state index in [9.17, 15) is 14.4 Å². The third kappa shape index (κ3) is 7.17. The molecular formula is C29H40N2O8. The number of alkyl carbamates (subject to hydrolysis) is 1. The highest BCUT2D eigenvalue weighted by atomic mass is 16.6. The quantitative estimate of drug-likeness (QED) is 0.263. The molecule has 3 aliphatic rings. The molecule has 2 saturated heterocycles. The highest BCUT2D eigenvalue weighted by Crippen LogP contribution is 2.59.